The third-order valence-electron chi connectivity index (χ3n) is 4.54. The van der Waals surface area contributed by atoms with Gasteiger partial charge in [-0.3, -0.25) is 9.59 Å². The summed E-state index contributed by atoms with van der Waals surface area (Å²) < 4.78 is 0. The maximum atomic E-state index is 12.6. The summed E-state index contributed by atoms with van der Waals surface area (Å²) in [5, 5.41) is 9.14. The molecule has 1 N–H and O–H groups in total. The zero-order chi connectivity index (χ0) is 14.8. The van der Waals surface area contributed by atoms with Crippen LogP contribution in [0.1, 0.15) is 52.2 Å². The molecule has 3 rings (SSSR count). The number of hydrogen-bond acceptors (Lipinski definition) is 3. The van der Waals surface area contributed by atoms with E-state index in [0.29, 0.717) is 12.8 Å². The van der Waals surface area contributed by atoms with Gasteiger partial charge in [0.1, 0.15) is 0 Å². The molecule has 1 saturated heterocycles. The second-order valence-electron chi connectivity index (χ2n) is 6.04. The lowest BCUT2D eigenvalue weighted by Crippen LogP contribution is -2.31. The molecule has 1 aliphatic heterocycles. The zero-order valence-corrected chi connectivity index (χ0v) is 13.0. The predicted octanol–water partition coefficient (Wildman–Crippen LogP) is 2.95. The van der Waals surface area contributed by atoms with Crippen LogP contribution in [0.5, 0.6) is 0 Å². The van der Waals surface area contributed by atoms with Crippen LogP contribution in [0.25, 0.3) is 0 Å². The number of carboxylic acid groups (broad SMARTS) is 1. The minimum absolute atomic E-state index is 0.142. The molecule has 1 aromatic heterocycles. The summed E-state index contributed by atoms with van der Waals surface area (Å²) in [5.41, 5.74) is 1.08. The molecule has 1 atom stereocenters. The molecule has 1 fully saturated rings. The Morgan fingerprint density at radius 3 is 2.57 bits per heavy atom. The molecule has 1 unspecified atom stereocenters. The van der Waals surface area contributed by atoms with Gasteiger partial charge >= 0.3 is 5.97 Å². The summed E-state index contributed by atoms with van der Waals surface area (Å²) in [7, 11) is 0. The van der Waals surface area contributed by atoms with Crippen molar-refractivity contribution in [3.8, 4) is 0 Å². The molecule has 1 aromatic rings. The van der Waals surface area contributed by atoms with Gasteiger partial charge in [-0.05, 0) is 43.7 Å². The van der Waals surface area contributed by atoms with Gasteiger partial charge in [0.25, 0.3) is 5.91 Å². The number of hydrogen-bond donors (Lipinski definition) is 1. The first-order chi connectivity index (χ1) is 10.1. The number of aliphatic carboxylic acids is 1. The number of carbonyl (C=O) groups excluding carboxylic acids is 1. The highest BCUT2D eigenvalue weighted by Gasteiger charge is 2.28. The fraction of sp³-hybridized carbons (Fsp3) is 0.625. The Kier molecular flexibility index (Phi) is 4.29. The Morgan fingerprint density at radius 2 is 1.90 bits per heavy atom. The van der Waals surface area contributed by atoms with Crippen LogP contribution in [-0.2, 0) is 17.6 Å². The van der Waals surface area contributed by atoms with E-state index in [1.165, 1.54) is 17.7 Å². The van der Waals surface area contributed by atoms with Crippen molar-refractivity contribution in [3.63, 3.8) is 0 Å². The van der Waals surface area contributed by atoms with Crippen LogP contribution >= 0.6 is 11.3 Å². The van der Waals surface area contributed by atoms with Crippen LogP contribution in [0.15, 0.2) is 6.07 Å². The smallest absolute Gasteiger partial charge is 0.306 e. The van der Waals surface area contributed by atoms with E-state index < -0.39 is 5.97 Å². The van der Waals surface area contributed by atoms with Crippen molar-refractivity contribution < 1.29 is 14.7 Å². The average molecular weight is 307 g/mol. The molecule has 4 nitrogen and oxygen atoms in total. The number of aryl methyl sites for hydroxylation is 1. The summed E-state index contributed by atoms with van der Waals surface area (Å²) in [4.78, 5) is 27.7. The lowest BCUT2D eigenvalue weighted by Gasteiger charge is -2.19. The number of nitrogens with zero attached hydrogens (tertiary/aromatic N) is 1. The van der Waals surface area contributed by atoms with Crippen LogP contribution in [0.3, 0.4) is 0 Å². The SMILES string of the molecule is O=C(O)C1CCc2sc(C(=O)N3CCCCCC3)cc2C1. The van der Waals surface area contributed by atoms with Crippen molar-refractivity contribution in [3.05, 3.63) is 21.4 Å². The zero-order valence-electron chi connectivity index (χ0n) is 12.1. The van der Waals surface area contributed by atoms with Gasteiger partial charge in [-0.15, -0.1) is 11.3 Å². The average Bonchev–Trinajstić information content (AvgIpc) is 2.71. The number of amides is 1. The van der Waals surface area contributed by atoms with E-state index in [4.69, 9.17) is 5.11 Å². The summed E-state index contributed by atoms with van der Waals surface area (Å²) in [6.45, 7) is 1.72. The number of fused-ring (bicyclic) bond motifs is 1. The first kappa shape index (κ1) is 14.6. The van der Waals surface area contributed by atoms with Gasteiger partial charge in [0, 0.05) is 18.0 Å². The lowest BCUT2D eigenvalue weighted by atomic mass is 9.88. The summed E-state index contributed by atoms with van der Waals surface area (Å²) >= 11 is 1.57. The molecule has 1 aliphatic carbocycles. The number of carboxylic acids is 1. The Labute approximate surface area is 128 Å². The van der Waals surface area contributed by atoms with E-state index in [-0.39, 0.29) is 11.8 Å². The first-order valence-electron chi connectivity index (χ1n) is 7.79. The number of rotatable bonds is 2. The van der Waals surface area contributed by atoms with Crippen LogP contribution in [-0.4, -0.2) is 35.0 Å². The van der Waals surface area contributed by atoms with Crippen LogP contribution in [0, 0.1) is 5.92 Å². The quantitative estimate of drug-likeness (QED) is 0.914. The van der Waals surface area contributed by atoms with E-state index >= 15 is 0 Å². The van der Waals surface area contributed by atoms with E-state index in [9.17, 15) is 9.59 Å². The summed E-state index contributed by atoms with van der Waals surface area (Å²) in [6.07, 6.45) is 6.69. The van der Waals surface area contributed by atoms with E-state index in [0.717, 1.165) is 42.8 Å². The fourth-order valence-corrected chi connectivity index (χ4v) is 4.45. The summed E-state index contributed by atoms with van der Waals surface area (Å²) in [6, 6.07) is 1.95. The van der Waals surface area contributed by atoms with Crippen LogP contribution in [0.4, 0.5) is 0 Å². The third-order valence-corrected chi connectivity index (χ3v) is 5.76. The topological polar surface area (TPSA) is 57.6 Å². The molecule has 1 amide bonds. The molecule has 5 heteroatoms. The van der Waals surface area contributed by atoms with Crippen molar-refractivity contribution >= 4 is 23.2 Å². The van der Waals surface area contributed by atoms with Crippen molar-refractivity contribution in [2.24, 2.45) is 5.92 Å². The highest BCUT2D eigenvalue weighted by atomic mass is 32.1. The minimum Gasteiger partial charge on any atom is -0.481 e. The van der Waals surface area contributed by atoms with Crippen molar-refractivity contribution in [2.75, 3.05) is 13.1 Å². The van der Waals surface area contributed by atoms with Crippen LogP contribution in [0.2, 0.25) is 0 Å². The first-order valence-corrected chi connectivity index (χ1v) is 8.60. The monoisotopic (exact) mass is 307 g/mol. The Bertz CT molecular complexity index is 544. The molecule has 21 heavy (non-hydrogen) atoms. The van der Waals surface area contributed by atoms with Crippen LogP contribution < -0.4 is 0 Å². The number of thiophene rings is 1. The molecule has 0 spiro atoms. The summed E-state index contributed by atoms with van der Waals surface area (Å²) in [5.74, 6) is -0.858. The predicted molar refractivity (Wildman–Crippen MR) is 81.8 cm³/mol. The maximum Gasteiger partial charge on any atom is 0.306 e. The molecular formula is C16H21NO3S. The normalized spacial score (nSPS) is 22.5. The van der Waals surface area contributed by atoms with E-state index in [1.807, 2.05) is 11.0 Å². The molecule has 2 aliphatic rings. The van der Waals surface area contributed by atoms with E-state index in [2.05, 4.69) is 0 Å². The molecule has 0 bridgehead atoms. The molecule has 2 heterocycles. The molecule has 0 aromatic carbocycles. The second kappa shape index (κ2) is 6.18. The second-order valence-corrected chi connectivity index (χ2v) is 7.18. The Morgan fingerprint density at radius 1 is 1.19 bits per heavy atom. The maximum absolute atomic E-state index is 12.6. The highest BCUT2D eigenvalue weighted by molar-refractivity contribution is 7.14. The van der Waals surface area contributed by atoms with Gasteiger partial charge < -0.3 is 10.0 Å². The molecular weight excluding hydrogens is 286 g/mol. The van der Waals surface area contributed by atoms with Gasteiger partial charge in [-0.25, -0.2) is 0 Å². The Hall–Kier alpha value is -1.36. The van der Waals surface area contributed by atoms with Crippen molar-refractivity contribution in [1.82, 2.24) is 4.90 Å². The number of carbonyl (C=O) groups is 2. The van der Waals surface area contributed by atoms with Crippen molar-refractivity contribution in [1.29, 1.82) is 0 Å². The molecule has 114 valence electrons. The number of likely N-dealkylation sites (tertiary alicyclic amines) is 1. The third kappa shape index (κ3) is 3.12. The lowest BCUT2D eigenvalue weighted by molar-refractivity contribution is -0.142. The van der Waals surface area contributed by atoms with Crippen molar-refractivity contribution in [2.45, 2.75) is 44.9 Å². The largest absolute Gasteiger partial charge is 0.481 e. The van der Waals surface area contributed by atoms with Gasteiger partial charge in [0.05, 0.1) is 10.8 Å². The minimum atomic E-state index is -0.716. The molecule has 0 radical (unpaired) electrons. The van der Waals surface area contributed by atoms with E-state index in [1.54, 1.807) is 11.3 Å². The highest BCUT2D eigenvalue weighted by Crippen LogP contribution is 2.33. The Balaban J connectivity index is 1.75. The van der Waals surface area contributed by atoms with Gasteiger partial charge in [-0.1, -0.05) is 12.8 Å². The van der Waals surface area contributed by atoms with Gasteiger partial charge in [0.15, 0.2) is 0 Å². The fourth-order valence-electron chi connectivity index (χ4n) is 3.27. The van der Waals surface area contributed by atoms with Gasteiger partial charge in [0.2, 0.25) is 0 Å². The molecule has 0 saturated carbocycles. The van der Waals surface area contributed by atoms with Gasteiger partial charge in [-0.2, -0.15) is 0 Å². The standard InChI is InChI=1S/C16H21NO3S/c18-15(17-7-3-1-2-4-8-17)14-10-12-9-11(16(19)20)5-6-13(12)21-14/h10-11H,1-9H2,(H,19,20).